The fraction of sp³-hybridized carbons (Fsp3) is 0.364. The van der Waals surface area contributed by atoms with Crippen LogP contribution < -0.4 is 4.90 Å². The van der Waals surface area contributed by atoms with E-state index in [1.807, 2.05) is 29.2 Å². The molecule has 0 saturated carbocycles. The number of aromatic nitrogens is 2. The van der Waals surface area contributed by atoms with E-state index in [4.69, 9.17) is 9.72 Å². The van der Waals surface area contributed by atoms with Gasteiger partial charge in [-0.3, -0.25) is 4.79 Å². The topological polar surface area (TPSA) is 50.6 Å². The third-order valence-electron chi connectivity index (χ3n) is 5.29. The van der Waals surface area contributed by atoms with E-state index in [1.165, 1.54) is 23.9 Å². The number of methoxy groups -OCH3 is 1. The number of anilines is 1. The minimum Gasteiger partial charge on any atom is -0.383 e. The van der Waals surface area contributed by atoms with Crippen LogP contribution in [0.4, 0.5) is 10.1 Å². The summed E-state index contributed by atoms with van der Waals surface area (Å²) in [6.45, 7) is 4.10. The van der Waals surface area contributed by atoms with Crippen molar-refractivity contribution in [3.8, 4) is 0 Å². The summed E-state index contributed by atoms with van der Waals surface area (Å²) >= 11 is 1.47. The fourth-order valence-electron chi connectivity index (χ4n) is 3.65. The van der Waals surface area contributed by atoms with Gasteiger partial charge in [-0.05, 0) is 36.4 Å². The quantitative estimate of drug-likeness (QED) is 0.541. The van der Waals surface area contributed by atoms with Crippen molar-refractivity contribution < 1.29 is 13.9 Å². The SMILES string of the molecule is COCCn1c(SCC(=O)N2CCN(c3ccc(F)cc3)CC2)nc2ccccc21. The molecule has 0 unspecified atom stereocenters. The number of hydrogen-bond donors (Lipinski definition) is 0. The number of imidazole rings is 1. The van der Waals surface area contributed by atoms with Gasteiger partial charge in [-0.2, -0.15) is 0 Å². The molecule has 2 heterocycles. The number of nitrogens with zero attached hydrogens (tertiary/aromatic N) is 4. The lowest BCUT2D eigenvalue weighted by Gasteiger charge is -2.36. The zero-order valence-corrected chi connectivity index (χ0v) is 17.8. The Bertz CT molecular complexity index is 1000. The Kier molecular flexibility index (Phi) is 6.54. The second kappa shape index (κ2) is 9.49. The van der Waals surface area contributed by atoms with Crippen molar-refractivity contribution in [3.63, 3.8) is 0 Å². The molecule has 8 heteroatoms. The third-order valence-corrected chi connectivity index (χ3v) is 6.25. The number of amides is 1. The number of halogens is 1. The molecule has 1 aliphatic heterocycles. The van der Waals surface area contributed by atoms with Crippen molar-refractivity contribution in [2.24, 2.45) is 0 Å². The average Bonchev–Trinajstić information content (AvgIpc) is 3.14. The van der Waals surface area contributed by atoms with E-state index in [1.54, 1.807) is 19.2 Å². The van der Waals surface area contributed by atoms with Crippen molar-refractivity contribution >= 4 is 34.4 Å². The van der Waals surface area contributed by atoms with Gasteiger partial charge in [0.2, 0.25) is 5.91 Å². The molecule has 30 heavy (non-hydrogen) atoms. The van der Waals surface area contributed by atoms with Crippen LogP contribution in [0.25, 0.3) is 11.0 Å². The largest absolute Gasteiger partial charge is 0.383 e. The Hall–Kier alpha value is -2.58. The highest BCUT2D eigenvalue weighted by Gasteiger charge is 2.22. The first-order chi connectivity index (χ1) is 14.7. The Balaban J connectivity index is 1.35. The Morgan fingerprint density at radius 3 is 2.57 bits per heavy atom. The van der Waals surface area contributed by atoms with Gasteiger partial charge in [0.1, 0.15) is 5.82 Å². The van der Waals surface area contributed by atoms with E-state index in [0.717, 1.165) is 35.0 Å². The maximum Gasteiger partial charge on any atom is 0.233 e. The van der Waals surface area contributed by atoms with Crippen LogP contribution >= 0.6 is 11.8 Å². The highest BCUT2D eigenvalue weighted by atomic mass is 32.2. The molecular weight excluding hydrogens is 403 g/mol. The van der Waals surface area contributed by atoms with E-state index < -0.39 is 0 Å². The van der Waals surface area contributed by atoms with Gasteiger partial charge in [0, 0.05) is 45.5 Å². The number of fused-ring (bicyclic) bond motifs is 1. The molecule has 2 aromatic carbocycles. The molecule has 1 amide bonds. The monoisotopic (exact) mass is 428 g/mol. The van der Waals surface area contributed by atoms with Crippen LogP contribution in [-0.4, -0.2) is 66.0 Å². The van der Waals surface area contributed by atoms with Gasteiger partial charge in [-0.1, -0.05) is 23.9 Å². The lowest BCUT2D eigenvalue weighted by Crippen LogP contribution is -2.49. The molecule has 6 nitrogen and oxygen atoms in total. The Labute approximate surface area is 179 Å². The number of rotatable bonds is 7. The van der Waals surface area contributed by atoms with Gasteiger partial charge in [-0.25, -0.2) is 9.37 Å². The average molecular weight is 429 g/mol. The summed E-state index contributed by atoms with van der Waals surface area (Å²) < 4.78 is 20.5. The normalized spacial score (nSPS) is 14.5. The molecule has 1 aromatic heterocycles. The second-order valence-electron chi connectivity index (χ2n) is 7.16. The molecule has 3 aromatic rings. The summed E-state index contributed by atoms with van der Waals surface area (Å²) in [6, 6.07) is 14.5. The van der Waals surface area contributed by atoms with Crippen LogP contribution in [0.2, 0.25) is 0 Å². The van der Waals surface area contributed by atoms with Crippen LogP contribution in [0.5, 0.6) is 0 Å². The van der Waals surface area contributed by atoms with Crippen LogP contribution in [0.3, 0.4) is 0 Å². The molecule has 1 aliphatic rings. The fourth-order valence-corrected chi connectivity index (χ4v) is 4.59. The number of hydrogen-bond acceptors (Lipinski definition) is 5. The summed E-state index contributed by atoms with van der Waals surface area (Å²) in [5.74, 6) is 0.234. The summed E-state index contributed by atoms with van der Waals surface area (Å²) in [5.41, 5.74) is 2.97. The first-order valence-electron chi connectivity index (χ1n) is 10.0. The number of carbonyl (C=O) groups excluding carboxylic acids is 1. The highest BCUT2D eigenvalue weighted by Crippen LogP contribution is 2.25. The van der Waals surface area contributed by atoms with Crippen molar-refractivity contribution in [1.82, 2.24) is 14.5 Å². The first-order valence-corrected chi connectivity index (χ1v) is 11.0. The van der Waals surface area contributed by atoms with E-state index >= 15 is 0 Å². The van der Waals surface area contributed by atoms with Gasteiger partial charge in [0.15, 0.2) is 5.16 Å². The minimum atomic E-state index is -0.235. The van der Waals surface area contributed by atoms with Gasteiger partial charge in [-0.15, -0.1) is 0 Å². The van der Waals surface area contributed by atoms with Crippen LogP contribution in [0.15, 0.2) is 53.7 Å². The van der Waals surface area contributed by atoms with Crippen LogP contribution in [0.1, 0.15) is 0 Å². The van der Waals surface area contributed by atoms with Gasteiger partial charge >= 0.3 is 0 Å². The first kappa shape index (κ1) is 20.7. The Morgan fingerprint density at radius 1 is 1.10 bits per heavy atom. The molecule has 0 bridgehead atoms. The van der Waals surface area contributed by atoms with E-state index in [2.05, 4.69) is 9.47 Å². The molecule has 0 N–H and O–H groups in total. The number of thioether (sulfide) groups is 1. The number of carbonyl (C=O) groups is 1. The predicted octanol–water partition coefficient (Wildman–Crippen LogP) is 3.26. The van der Waals surface area contributed by atoms with Crippen molar-refractivity contribution in [1.29, 1.82) is 0 Å². The summed E-state index contributed by atoms with van der Waals surface area (Å²) in [5, 5.41) is 0.839. The number of ether oxygens (including phenoxy) is 1. The van der Waals surface area contributed by atoms with Gasteiger partial charge < -0.3 is 19.1 Å². The van der Waals surface area contributed by atoms with E-state index in [9.17, 15) is 9.18 Å². The van der Waals surface area contributed by atoms with E-state index in [-0.39, 0.29) is 11.7 Å². The number of benzene rings is 2. The molecule has 1 fully saturated rings. The summed E-state index contributed by atoms with van der Waals surface area (Å²) in [7, 11) is 1.68. The molecule has 158 valence electrons. The number of para-hydroxylation sites is 2. The zero-order chi connectivity index (χ0) is 20.9. The maximum atomic E-state index is 13.1. The van der Waals surface area contributed by atoms with Gasteiger partial charge in [0.25, 0.3) is 0 Å². The van der Waals surface area contributed by atoms with E-state index in [0.29, 0.717) is 32.0 Å². The van der Waals surface area contributed by atoms with Crippen LogP contribution in [0, 0.1) is 5.82 Å². The minimum absolute atomic E-state index is 0.115. The zero-order valence-electron chi connectivity index (χ0n) is 17.0. The molecule has 4 rings (SSSR count). The lowest BCUT2D eigenvalue weighted by atomic mass is 10.2. The predicted molar refractivity (Wildman–Crippen MR) is 118 cm³/mol. The molecule has 0 aliphatic carbocycles. The summed E-state index contributed by atoms with van der Waals surface area (Å²) in [6.07, 6.45) is 0. The molecule has 0 radical (unpaired) electrons. The Morgan fingerprint density at radius 2 is 1.83 bits per heavy atom. The third kappa shape index (κ3) is 4.60. The molecule has 1 saturated heterocycles. The van der Waals surface area contributed by atoms with Crippen LogP contribution in [-0.2, 0) is 16.1 Å². The number of piperazine rings is 1. The summed E-state index contributed by atoms with van der Waals surface area (Å²) in [4.78, 5) is 21.6. The molecular formula is C22H25FN4O2S. The maximum absolute atomic E-state index is 13.1. The van der Waals surface area contributed by atoms with Crippen molar-refractivity contribution in [3.05, 3.63) is 54.3 Å². The van der Waals surface area contributed by atoms with Gasteiger partial charge in [0.05, 0.1) is 23.4 Å². The van der Waals surface area contributed by atoms with Crippen molar-refractivity contribution in [2.75, 3.05) is 50.5 Å². The second-order valence-corrected chi connectivity index (χ2v) is 8.10. The lowest BCUT2D eigenvalue weighted by molar-refractivity contribution is -0.128. The molecule has 0 atom stereocenters. The highest BCUT2D eigenvalue weighted by molar-refractivity contribution is 7.99. The smallest absolute Gasteiger partial charge is 0.233 e. The standard InChI is InChI=1S/C22H25FN4O2S/c1-29-15-14-27-20-5-3-2-4-19(20)24-22(27)30-16-21(28)26-12-10-25(11-13-26)18-8-6-17(23)7-9-18/h2-9H,10-16H2,1H3. The van der Waals surface area contributed by atoms with Crippen molar-refractivity contribution in [2.45, 2.75) is 11.7 Å². The molecule has 0 spiro atoms.